The first-order chi connectivity index (χ1) is 27.5. The topological polar surface area (TPSA) is 24.1 Å². The van der Waals surface area contributed by atoms with Gasteiger partial charge < -0.3 is 10.6 Å². The zero-order valence-electron chi connectivity index (χ0n) is 34.2. The van der Waals surface area contributed by atoms with Gasteiger partial charge in [0.05, 0.1) is 0 Å². The van der Waals surface area contributed by atoms with E-state index in [1.807, 2.05) is 30.3 Å². The number of hydrogen-bond acceptors (Lipinski definition) is 2. The first-order valence-electron chi connectivity index (χ1n) is 23.1. The van der Waals surface area contributed by atoms with Gasteiger partial charge in [-0.1, -0.05) is 78.7 Å². The van der Waals surface area contributed by atoms with Crippen LogP contribution in [0.2, 0.25) is 0 Å². The largest absolute Gasteiger partial charge is 2.00 e. The zero-order valence-corrected chi connectivity index (χ0v) is 37.3. The van der Waals surface area contributed by atoms with Crippen molar-refractivity contribution in [1.29, 1.82) is 0 Å². The molecule has 2 N–H and O–H groups in total. The second kappa shape index (κ2) is 16.0. The minimum atomic E-state index is -0.185. The molecular weight excluding hydrogens is 770 g/mol. The van der Waals surface area contributed by atoms with Crippen LogP contribution in [0.1, 0.15) is 114 Å². The van der Waals surface area contributed by atoms with E-state index in [1.54, 1.807) is 93.7 Å². The van der Waals surface area contributed by atoms with Crippen LogP contribution in [0.25, 0.3) is 22.3 Å². The molecule has 302 valence electrons. The van der Waals surface area contributed by atoms with Gasteiger partial charge >= 0.3 is 17.1 Å². The van der Waals surface area contributed by atoms with E-state index in [-0.39, 0.29) is 30.1 Å². The Kier molecular flexibility index (Phi) is 11.1. The molecule has 8 saturated carbocycles. The van der Waals surface area contributed by atoms with E-state index in [4.69, 9.17) is 0 Å². The summed E-state index contributed by atoms with van der Waals surface area (Å²) in [5, 5.41) is 9.47. The maximum absolute atomic E-state index is 4.12. The van der Waals surface area contributed by atoms with Gasteiger partial charge in [-0.05, 0) is 168 Å². The van der Waals surface area contributed by atoms with Gasteiger partial charge in [-0.2, -0.15) is 18.2 Å². The smallest absolute Gasteiger partial charge is 0.313 e. The first-order valence-corrected chi connectivity index (χ1v) is 25.2. The SMILES string of the molecule is PC(c1cc(-c2ccccc2)[c-](-c2ccccc2)c1CP(C12CC3CC(CC(C3)C1)C2)C12CC3CC(CC(C3)C1)C2)(C1CCCN1)C1CCCN1.[Fe+2].c1cc[cH-]c1. The molecule has 10 aliphatic rings. The second-order valence-corrected chi connectivity index (χ2v) is 24.6. The van der Waals surface area contributed by atoms with Crippen LogP contribution in [-0.2, 0) is 28.4 Å². The average Bonchev–Trinajstić information content (AvgIpc) is 4.05. The van der Waals surface area contributed by atoms with Crippen molar-refractivity contribution in [3.8, 4) is 22.3 Å². The van der Waals surface area contributed by atoms with E-state index in [9.17, 15) is 0 Å². The summed E-state index contributed by atoms with van der Waals surface area (Å²) in [6.45, 7) is 2.32. The third-order valence-electron chi connectivity index (χ3n) is 17.1. The fourth-order valence-electron chi connectivity index (χ4n) is 15.8. The standard InChI is InChI=1S/C47H61N2P2.C5H5.Fe/c50-47(42-13-7-15-48-42,43-14-8-16-49-43)41-23-39(37-9-3-1-4-10-37)44(38-11-5-2-6-12-38)40(41)30-51(45-24-31-17-32(25-45)19-33(18-31)26-45)46-27-34-20-35(28-46)22-36(21-34)29-46;1-2-4-5-3-1;/h1-6,9-12,23,31-36,42-43,48-49H,7-8,13-22,24-30,50H2;1-5H;/q2*-1;+2. The molecule has 2 heterocycles. The van der Waals surface area contributed by atoms with Crippen LogP contribution in [-0.4, -0.2) is 35.5 Å². The summed E-state index contributed by atoms with van der Waals surface area (Å²) in [4.78, 5) is 0. The van der Waals surface area contributed by atoms with Crippen molar-refractivity contribution in [2.24, 2.45) is 35.5 Å². The van der Waals surface area contributed by atoms with Gasteiger partial charge in [-0.3, -0.25) is 0 Å². The van der Waals surface area contributed by atoms with Crippen LogP contribution in [0.3, 0.4) is 0 Å². The molecule has 5 heteroatoms. The molecule has 3 unspecified atom stereocenters. The molecule has 0 radical (unpaired) electrons. The van der Waals surface area contributed by atoms with Crippen molar-refractivity contribution in [2.75, 3.05) is 13.1 Å². The van der Waals surface area contributed by atoms with Crippen LogP contribution in [0.4, 0.5) is 0 Å². The van der Waals surface area contributed by atoms with Gasteiger partial charge in [0.2, 0.25) is 0 Å². The molecular formula is C52H66FeN2P2. The zero-order chi connectivity index (χ0) is 37.3. The van der Waals surface area contributed by atoms with E-state index >= 15 is 0 Å². The molecule has 8 aliphatic carbocycles. The summed E-state index contributed by atoms with van der Waals surface area (Å²) in [7, 11) is 3.46. The molecule has 4 aromatic rings. The molecule has 2 nitrogen and oxygen atoms in total. The minimum Gasteiger partial charge on any atom is -0.313 e. The van der Waals surface area contributed by atoms with Crippen LogP contribution in [0.15, 0.2) is 97.1 Å². The Morgan fingerprint density at radius 1 is 0.649 bits per heavy atom. The monoisotopic (exact) mass is 836 g/mol. The van der Waals surface area contributed by atoms with Crippen LogP contribution in [0, 0.1) is 35.5 Å². The van der Waals surface area contributed by atoms with Gasteiger partial charge in [0.1, 0.15) is 0 Å². The van der Waals surface area contributed by atoms with Crippen molar-refractivity contribution in [3.63, 3.8) is 0 Å². The molecule has 0 spiro atoms. The maximum atomic E-state index is 4.12. The third-order valence-corrected chi connectivity index (χ3v) is 22.2. The minimum absolute atomic E-state index is 0. The van der Waals surface area contributed by atoms with Crippen LogP contribution in [0.5, 0.6) is 0 Å². The van der Waals surface area contributed by atoms with Gasteiger partial charge in [0.15, 0.2) is 0 Å². The van der Waals surface area contributed by atoms with Crippen molar-refractivity contribution in [1.82, 2.24) is 10.6 Å². The summed E-state index contributed by atoms with van der Waals surface area (Å²) in [5.41, 5.74) is 9.45. The Morgan fingerprint density at radius 2 is 1.11 bits per heavy atom. The van der Waals surface area contributed by atoms with Crippen molar-refractivity contribution >= 4 is 17.2 Å². The Morgan fingerprint density at radius 3 is 1.51 bits per heavy atom. The molecule has 10 fully saturated rings. The Labute approximate surface area is 358 Å². The van der Waals surface area contributed by atoms with E-state index in [0.717, 1.165) is 48.6 Å². The number of nitrogens with one attached hydrogen (secondary N) is 2. The summed E-state index contributed by atoms with van der Waals surface area (Å²) < 4.78 is 0. The number of benzene rings is 2. The fourth-order valence-corrected chi connectivity index (χ4v) is 21.9. The summed E-state index contributed by atoms with van der Waals surface area (Å²) in [6.07, 6.45) is 25.4. The predicted molar refractivity (Wildman–Crippen MR) is 241 cm³/mol. The number of hydrogen-bond donors (Lipinski definition) is 2. The molecule has 14 rings (SSSR count). The first kappa shape index (κ1) is 39.6. The molecule has 8 bridgehead atoms. The summed E-state index contributed by atoms with van der Waals surface area (Å²) in [5.74, 6) is 6.13. The van der Waals surface area contributed by atoms with Gasteiger partial charge in [0, 0.05) is 17.2 Å². The molecule has 57 heavy (non-hydrogen) atoms. The van der Waals surface area contributed by atoms with Crippen molar-refractivity contribution in [3.05, 3.63) is 108 Å². The van der Waals surface area contributed by atoms with Crippen LogP contribution < -0.4 is 10.6 Å². The molecule has 0 amide bonds. The van der Waals surface area contributed by atoms with Crippen LogP contribution >= 0.6 is 17.2 Å². The fraction of sp³-hybridized carbons (Fsp3) is 0.577. The van der Waals surface area contributed by atoms with Gasteiger partial charge in [-0.25, -0.2) is 12.1 Å². The quantitative estimate of drug-likeness (QED) is 0.0997. The summed E-state index contributed by atoms with van der Waals surface area (Å²) >= 11 is 0. The predicted octanol–water partition coefficient (Wildman–Crippen LogP) is 12.6. The van der Waals surface area contributed by atoms with Gasteiger partial charge in [0.25, 0.3) is 0 Å². The third kappa shape index (κ3) is 7.08. The van der Waals surface area contributed by atoms with Gasteiger partial charge in [-0.15, -0.1) is 38.6 Å². The number of rotatable bonds is 9. The Bertz CT molecular complexity index is 1790. The Hall–Kier alpha value is -1.56. The van der Waals surface area contributed by atoms with E-state index < -0.39 is 0 Å². The molecule has 0 aromatic heterocycles. The molecule has 3 atom stereocenters. The van der Waals surface area contributed by atoms with E-state index in [1.165, 1.54) is 48.5 Å². The Balaban J connectivity index is 0.000000616. The average molecular weight is 837 g/mol. The van der Waals surface area contributed by atoms with E-state index in [2.05, 4.69) is 86.6 Å². The molecule has 2 aliphatic heterocycles. The normalized spacial score (nSPS) is 37.4. The second-order valence-electron chi connectivity index (χ2n) is 20.6. The molecule has 2 saturated heterocycles. The van der Waals surface area contributed by atoms with Crippen molar-refractivity contribution < 1.29 is 17.1 Å². The molecule has 4 aromatic carbocycles. The van der Waals surface area contributed by atoms with E-state index in [0.29, 0.717) is 22.4 Å². The maximum Gasteiger partial charge on any atom is 2.00 e. The van der Waals surface area contributed by atoms with Crippen molar-refractivity contribution in [2.45, 2.75) is 136 Å². The summed E-state index contributed by atoms with van der Waals surface area (Å²) in [6, 6.07) is 37.1.